The van der Waals surface area contributed by atoms with Crippen molar-refractivity contribution in [3.63, 3.8) is 0 Å². The van der Waals surface area contributed by atoms with Gasteiger partial charge in [0.1, 0.15) is 12.2 Å². The van der Waals surface area contributed by atoms with E-state index in [1.54, 1.807) is 0 Å². The lowest BCUT2D eigenvalue weighted by Crippen LogP contribution is -2.52. The predicted molar refractivity (Wildman–Crippen MR) is 225 cm³/mol. The van der Waals surface area contributed by atoms with Gasteiger partial charge in [-0.15, -0.1) is 4.55 Å². The molecule has 2 atom stereocenters. The highest BCUT2D eigenvalue weighted by Crippen LogP contribution is 2.34. The number of likely N-dealkylation sites (tertiary alicyclic amines) is 1. The molecule has 4 saturated heterocycles. The van der Waals surface area contributed by atoms with Gasteiger partial charge in [-0.1, -0.05) is 32.6 Å². The van der Waals surface area contributed by atoms with Gasteiger partial charge in [-0.25, -0.2) is 9.97 Å². The molecule has 61 heavy (non-hydrogen) atoms. The van der Waals surface area contributed by atoms with E-state index < -0.39 is 34.6 Å². The number of nitrogens with one attached hydrogen (secondary N) is 2. The van der Waals surface area contributed by atoms with Crippen LogP contribution >= 0.6 is 0 Å². The highest BCUT2D eigenvalue weighted by atomic mass is 32.2. The van der Waals surface area contributed by atoms with Crippen molar-refractivity contribution < 1.29 is 42.0 Å². The van der Waals surface area contributed by atoms with Crippen LogP contribution in [0.2, 0.25) is 0 Å². The number of hydrogen-bond acceptors (Lipinski definition) is 13. The maximum Gasteiger partial charge on any atom is 0.419 e. The first-order chi connectivity index (χ1) is 29.1. The third-order valence-corrected chi connectivity index (χ3v) is 12.9. The van der Waals surface area contributed by atoms with E-state index in [4.69, 9.17) is 10.5 Å². The van der Waals surface area contributed by atoms with Gasteiger partial charge in [0, 0.05) is 61.2 Å². The van der Waals surface area contributed by atoms with Crippen molar-refractivity contribution in [1.29, 1.82) is 0 Å². The summed E-state index contributed by atoms with van der Waals surface area (Å²) >= 11 is -1.15. The quantitative estimate of drug-likeness (QED) is 0.0899. The average Bonchev–Trinajstić information content (AvgIpc) is 3.23. The molecule has 5 heterocycles. The van der Waals surface area contributed by atoms with Crippen LogP contribution in [0.15, 0.2) is 41.7 Å². The largest absolute Gasteiger partial charge is 0.419 e. The molecule has 19 heteroatoms. The van der Waals surface area contributed by atoms with E-state index in [-0.39, 0.29) is 66.4 Å². The number of carbonyl (C=O) groups is 3. The second-order valence-corrected chi connectivity index (χ2v) is 17.9. The molecule has 0 saturated carbocycles. The number of aromatic nitrogens is 2. The van der Waals surface area contributed by atoms with Crippen LogP contribution in [0.5, 0.6) is 0 Å². The SMILES string of the molecule is CC(C)(O)CN=C/C(=C\N)c1nc(NC2CCN([S+](O)N3CCC(C(=O)N4CCC(OCC#Cc5cccc(C6CCC(=O)NC6=O)c5)CC4)CC3)CC2)ncc1C(F)(F)F. The monoisotopic (exact) mass is 870 g/mol. The number of anilines is 1. The molecule has 6 rings (SSSR count). The van der Waals surface area contributed by atoms with E-state index in [0.29, 0.717) is 77.8 Å². The topological polar surface area (TPSA) is 199 Å². The van der Waals surface area contributed by atoms with Crippen LogP contribution < -0.4 is 16.4 Å². The zero-order chi connectivity index (χ0) is 43.7. The van der Waals surface area contributed by atoms with Crippen molar-refractivity contribution in [2.45, 2.75) is 95.1 Å². The molecular weight excluding hydrogens is 816 g/mol. The van der Waals surface area contributed by atoms with Crippen LogP contribution in [0.4, 0.5) is 19.1 Å². The van der Waals surface area contributed by atoms with Crippen LogP contribution in [0.1, 0.15) is 93.5 Å². The molecule has 0 aliphatic carbocycles. The molecular formula is C42H55F3N9O6S+. The van der Waals surface area contributed by atoms with Crippen LogP contribution in [0.25, 0.3) is 5.57 Å². The van der Waals surface area contributed by atoms with Crippen molar-refractivity contribution in [2.24, 2.45) is 16.6 Å². The Kier molecular flexibility index (Phi) is 15.5. The maximum absolute atomic E-state index is 13.9. The highest BCUT2D eigenvalue weighted by Gasteiger charge is 2.43. The second-order valence-electron chi connectivity index (χ2n) is 16.4. The number of rotatable bonds is 12. The summed E-state index contributed by atoms with van der Waals surface area (Å²) < 4.78 is 63.0. The van der Waals surface area contributed by atoms with Gasteiger partial charge in [-0.05, 0) is 76.5 Å². The number of amides is 3. The Morgan fingerprint density at radius 2 is 1.75 bits per heavy atom. The number of nitrogens with two attached hydrogens (primary N) is 1. The molecule has 4 fully saturated rings. The predicted octanol–water partition coefficient (Wildman–Crippen LogP) is 3.73. The molecule has 0 radical (unpaired) electrons. The summed E-state index contributed by atoms with van der Waals surface area (Å²) in [6, 6.07) is 7.34. The Morgan fingerprint density at radius 1 is 1.07 bits per heavy atom. The Bertz CT molecular complexity index is 2000. The Morgan fingerprint density at radius 3 is 2.39 bits per heavy atom. The van der Waals surface area contributed by atoms with Crippen molar-refractivity contribution in [3.8, 4) is 11.8 Å². The van der Waals surface area contributed by atoms with Crippen molar-refractivity contribution >= 4 is 47.0 Å². The van der Waals surface area contributed by atoms with E-state index in [0.717, 1.165) is 42.6 Å². The first-order valence-corrected chi connectivity index (χ1v) is 21.8. The lowest BCUT2D eigenvalue weighted by Gasteiger charge is -2.36. The molecule has 0 bridgehead atoms. The summed E-state index contributed by atoms with van der Waals surface area (Å²) in [5.74, 6) is 5.33. The molecule has 4 aliphatic heterocycles. The Labute approximate surface area is 357 Å². The number of hydrogen-bond donors (Lipinski definition) is 5. The summed E-state index contributed by atoms with van der Waals surface area (Å²) in [6.45, 7) is 6.74. The van der Waals surface area contributed by atoms with E-state index in [1.165, 1.54) is 13.8 Å². The smallest absolute Gasteiger partial charge is 0.404 e. The van der Waals surface area contributed by atoms with E-state index in [2.05, 4.69) is 37.4 Å². The number of aliphatic hydroxyl groups is 1. The van der Waals surface area contributed by atoms with Gasteiger partial charge < -0.3 is 25.8 Å². The average molecular weight is 871 g/mol. The third-order valence-electron chi connectivity index (χ3n) is 11.2. The van der Waals surface area contributed by atoms with Gasteiger partial charge >= 0.3 is 17.7 Å². The van der Waals surface area contributed by atoms with Crippen molar-refractivity contribution in [2.75, 3.05) is 57.7 Å². The second kappa shape index (κ2) is 20.5. The fourth-order valence-electron chi connectivity index (χ4n) is 7.85. The number of benzene rings is 1. The van der Waals surface area contributed by atoms with Gasteiger partial charge in [0.05, 0.1) is 56.0 Å². The molecule has 330 valence electrons. The summed E-state index contributed by atoms with van der Waals surface area (Å²) in [4.78, 5) is 51.3. The normalized spacial score (nSPS) is 21.6. The molecule has 6 N–H and O–H groups in total. The number of alkyl halides is 3. The van der Waals surface area contributed by atoms with E-state index in [9.17, 15) is 37.2 Å². The van der Waals surface area contributed by atoms with Gasteiger partial charge in [-0.3, -0.25) is 24.7 Å². The number of halogens is 3. The minimum atomic E-state index is -4.73. The number of aliphatic imine (C=N–C) groups is 1. The zero-order valence-electron chi connectivity index (χ0n) is 34.5. The molecule has 2 aromatic rings. The summed E-state index contributed by atoms with van der Waals surface area (Å²) in [7, 11) is 0. The number of allylic oxidation sites excluding steroid dienone is 1. The number of imide groups is 1. The molecule has 1 aromatic heterocycles. The molecule has 4 aliphatic rings. The zero-order valence-corrected chi connectivity index (χ0v) is 35.3. The Balaban J connectivity index is 0.905. The van der Waals surface area contributed by atoms with Crippen LogP contribution in [-0.2, 0) is 36.8 Å². The van der Waals surface area contributed by atoms with Crippen LogP contribution in [0, 0.1) is 17.8 Å². The fraction of sp³-hybridized carbons (Fsp3) is 0.571. The van der Waals surface area contributed by atoms with Gasteiger partial charge in [-0.2, -0.15) is 13.2 Å². The number of ether oxygens (including phenoxy) is 1. The van der Waals surface area contributed by atoms with Gasteiger partial charge in [0.15, 0.2) is 0 Å². The lowest BCUT2D eigenvalue weighted by molar-refractivity contribution is -0.139. The minimum absolute atomic E-state index is 0.00241. The van der Waals surface area contributed by atoms with Crippen LogP contribution in [0.3, 0.4) is 0 Å². The van der Waals surface area contributed by atoms with E-state index in [1.807, 2.05) is 37.8 Å². The number of carbonyl (C=O) groups excluding carboxylic acids is 3. The fourth-order valence-corrected chi connectivity index (χ4v) is 9.25. The number of piperidine rings is 4. The van der Waals surface area contributed by atoms with Crippen LogP contribution in [-0.4, -0.2) is 127 Å². The van der Waals surface area contributed by atoms with Crippen molar-refractivity contribution in [1.82, 2.24) is 28.8 Å². The van der Waals surface area contributed by atoms with Gasteiger partial charge in [0.2, 0.25) is 23.7 Å². The highest BCUT2D eigenvalue weighted by molar-refractivity contribution is 7.86. The third kappa shape index (κ3) is 12.7. The lowest BCUT2D eigenvalue weighted by atomic mass is 9.90. The minimum Gasteiger partial charge on any atom is -0.404 e. The molecule has 3 amide bonds. The molecule has 2 unspecified atom stereocenters. The molecule has 0 spiro atoms. The molecule has 15 nitrogen and oxygen atoms in total. The first-order valence-electron chi connectivity index (χ1n) is 20.7. The summed E-state index contributed by atoms with van der Waals surface area (Å²) in [5.41, 5.74) is 4.59. The van der Waals surface area contributed by atoms with Crippen molar-refractivity contribution in [3.05, 3.63) is 59.0 Å². The number of nitrogens with zero attached hydrogens (tertiary/aromatic N) is 6. The van der Waals surface area contributed by atoms with E-state index >= 15 is 0 Å². The standard InChI is InChI=1S/C42H54F3N9O6S/c1-41(2,58)27-47-25-31(24-46)37-35(42(43,44)45)26-48-40(51-37)49-32-12-20-54(21-13-32)61(59)53-18-10-29(11-19-53)39(57)52-16-14-33(15-17-52)60-22-4-6-28-5-3-7-30(23-28)34-8-9-36(55)50-38(34)56/h3,5,7,23-26,29,32-34,58-59H,8-22,27H2,1-2H3,(H3-,46,47,48,49,50,51,55,56)/p+1. The summed E-state index contributed by atoms with van der Waals surface area (Å²) in [5, 5.41) is 15.5. The molecule has 1 aromatic carbocycles. The summed E-state index contributed by atoms with van der Waals surface area (Å²) in [6.07, 6.45) is 2.87. The van der Waals surface area contributed by atoms with Gasteiger partial charge in [0.25, 0.3) is 0 Å². The Hall–Kier alpha value is -4.58. The maximum atomic E-state index is 13.9. The first kappa shape index (κ1) is 45.9.